The first-order chi connectivity index (χ1) is 9.43. The molecule has 0 unspecified atom stereocenters. The summed E-state index contributed by atoms with van der Waals surface area (Å²) in [4.78, 5) is 16.0. The Morgan fingerprint density at radius 1 is 1.40 bits per heavy atom. The number of aromatic nitrogens is 1. The van der Waals surface area contributed by atoms with Crippen LogP contribution in [0.5, 0.6) is 0 Å². The van der Waals surface area contributed by atoms with E-state index in [1.165, 1.54) is 0 Å². The lowest BCUT2D eigenvalue weighted by molar-refractivity contribution is 0.0697. The van der Waals surface area contributed by atoms with Gasteiger partial charge in [0.2, 0.25) is 0 Å². The van der Waals surface area contributed by atoms with Gasteiger partial charge in [0.15, 0.2) is 0 Å². The number of aryl methyl sites for hydroxylation is 2. The molecule has 0 fully saturated rings. The SMILES string of the molecule is CCC(C)(C)CNc1nc2c(cc1C(=O)O)CCCC2. The molecule has 1 aromatic heterocycles. The molecule has 1 aliphatic carbocycles. The molecule has 110 valence electrons. The smallest absolute Gasteiger partial charge is 0.339 e. The minimum atomic E-state index is -0.900. The molecule has 0 aromatic carbocycles. The predicted molar refractivity (Wildman–Crippen MR) is 80.4 cm³/mol. The van der Waals surface area contributed by atoms with Gasteiger partial charge in [-0.3, -0.25) is 0 Å². The van der Waals surface area contributed by atoms with Crippen LogP contribution in [0.1, 0.15) is 61.6 Å². The Kier molecular flexibility index (Phi) is 4.31. The van der Waals surface area contributed by atoms with Crippen LogP contribution in [-0.4, -0.2) is 22.6 Å². The molecule has 1 aliphatic rings. The predicted octanol–water partition coefficient (Wildman–Crippen LogP) is 3.51. The third-order valence-corrected chi connectivity index (χ3v) is 4.22. The van der Waals surface area contributed by atoms with Crippen LogP contribution in [0, 0.1) is 5.41 Å². The Hall–Kier alpha value is -1.58. The maximum atomic E-state index is 11.4. The molecule has 0 saturated carbocycles. The number of hydrogen-bond acceptors (Lipinski definition) is 3. The number of fused-ring (bicyclic) bond motifs is 1. The number of anilines is 1. The molecule has 2 N–H and O–H groups in total. The molecular weight excluding hydrogens is 252 g/mol. The minimum absolute atomic E-state index is 0.132. The van der Waals surface area contributed by atoms with E-state index in [-0.39, 0.29) is 5.41 Å². The molecule has 0 amide bonds. The Bertz CT molecular complexity index is 509. The van der Waals surface area contributed by atoms with Crippen LogP contribution in [0.2, 0.25) is 0 Å². The summed E-state index contributed by atoms with van der Waals surface area (Å²) in [6, 6.07) is 1.81. The topological polar surface area (TPSA) is 62.2 Å². The van der Waals surface area contributed by atoms with E-state index in [1.807, 2.05) is 6.07 Å². The van der Waals surface area contributed by atoms with Crippen molar-refractivity contribution in [3.05, 3.63) is 22.9 Å². The van der Waals surface area contributed by atoms with Crippen molar-refractivity contribution in [1.29, 1.82) is 0 Å². The summed E-state index contributed by atoms with van der Waals surface area (Å²) in [5.41, 5.74) is 2.61. The van der Waals surface area contributed by atoms with Crippen LogP contribution in [0.4, 0.5) is 5.82 Å². The molecular formula is C16H24N2O2. The van der Waals surface area contributed by atoms with Gasteiger partial charge in [-0.1, -0.05) is 20.8 Å². The number of rotatable bonds is 5. The van der Waals surface area contributed by atoms with Crippen LogP contribution < -0.4 is 5.32 Å². The Morgan fingerprint density at radius 2 is 2.10 bits per heavy atom. The average Bonchev–Trinajstić information content (AvgIpc) is 2.44. The largest absolute Gasteiger partial charge is 0.478 e. The van der Waals surface area contributed by atoms with E-state index >= 15 is 0 Å². The molecule has 2 rings (SSSR count). The highest BCUT2D eigenvalue weighted by molar-refractivity contribution is 5.93. The molecule has 0 spiro atoms. The van der Waals surface area contributed by atoms with Crippen molar-refractivity contribution in [2.75, 3.05) is 11.9 Å². The first kappa shape index (κ1) is 14.8. The van der Waals surface area contributed by atoms with Gasteiger partial charge in [-0.2, -0.15) is 0 Å². The highest BCUT2D eigenvalue weighted by Crippen LogP contribution is 2.26. The van der Waals surface area contributed by atoms with Crippen molar-refractivity contribution in [3.8, 4) is 0 Å². The molecule has 0 aliphatic heterocycles. The highest BCUT2D eigenvalue weighted by atomic mass is 16.4. The van der Waals surface area contributed by atoms with E-state index < -0.39 is 5.97 Å². The van der Waals surface area contributed by atoms with Crippen LogP contribution >= 0.6 is 0 Å². The second-order valence-corrected chi connectivity index (χ2v) is 6.37. The van der Waals surface area contributed by atoms with Gasteiger partial charge in [-0.05, 0) is 49.1 Å². The highest BCUT2D eigenvalue weighted by Gasteiger charge is 2.21. The van der Waals surface area contributed by atoms with Gasteiger partial charge < -0.3 is 10.4 Å². The van der Waals surface area contributed by atoms with Gasteiger partial charge in [0.1, 0.15) is 11.4 Å². The van der Waals surface area contributed by atoms with Crippen LogP contribution in [0.25, 0.3) is 0 Å². The minimum Gasteiger partial charge on any atom is -0.478 e. The standard InChI is InChI=1S/C16H24N2O2/c1-4-16(2,3)10-17-14-12(15(19)20)9-11-7-5-6-8-13(11)18-14/h9H,4-8,10H2,1-3H3,(H,17,18)(H,19,20). The van der Waals surface area contributed by atoms with Gasteiger partial charge in [0.05, 0.1) is 0 Å². The molecule has 0 radical (unpaired) electrons. The van der Waals surface area contributed by atoms with Gasteiger partial charge in [-0.15, -0.1) is 0 Å². The van der Waals surface area contributed by atoms with Gasteiger partial charge in [0, 0.05) is 12.2 Å². The third kappa shape index (κ3) is 3.30. The van der Waals surface area contributed by atoms with E-state index in [1.54, 1.807) is 0 Å². The van der Waals surface area contributed by atoms with Crippen molar-refractivity contribution < 1.29 is 9.90 Å². The summed E-state index contributed by atoms with van der Waals surface area (Å²) in [5, 5.41) is 12.6. The summed E-state index contributed by atoms with van der Waals surface area (Å²) in [6.45, 7) is 7.20. The number of nitrogens with zero attached hydrogens (tertiary/aromatic N) is 1. The number of nitrogens with one attached hydrogen (secondary N) is 1. The van der Waals surface area contributed by atoms with Gasteiger partial charge >= 0.3 is 5.97 Å². The van der Waals surface area contributed by atoms with Crippen molar-refractivity contribution >= 4 is 11.8 Å². The fourth-order valence-corrected chi connectivity index (χ4v) is 2.38. The molecule has 1 heterocycles. The summed E-state index contributed by atoms with van der Waals surface area (Å²) < 4.78 is 0. The Balaban J connectivity index is 2.28. The lowest BCUT2D eigenvalue weighted by atomic mass is 9.90. The quantitative estimate of drug-likeness (QED) is 0.864. The summed E-state index contributed by atoms with van der Waals surface area (Å²) in [6.07, 6.45) is 5.22. The normalized spacial score (nSPS) is 14.8. The first-order valence-corrected chi connectivity index (χ1v) is 7.43. The van der Waals surface area contributed by atoms with Crippen LogP contribution in [0.3, 0.4) is 0 Å². The van der Waals surface area contributed by atoms with E-state index in [9.17, 15) is 9.90 Å². The van der Waals surface area contributed by atoms with Crippen molar-refractivity contribution in [2.24, 2.45) is 5.41 Å². The zero-order valence-electron chi connectivity index (χ0n) is 12.6. The third-order valence-electron chi connectivity index (χ3n) is 4.22. The number of aromatic carboxylic acids is 1. The molecule has 4 nitrogen and oxygen atoms in total. The lowest BCUT2D eigenvalue weighted by Crippen LogP contribution is -2.24. The molecule has 20 heavy (non-hydrogen) atoms. The van der Waals surface area contributed by atoms with Gasteiger partial charge in [-0.25, -0.2) is 9.78 Å². The van der Waals surface area contributed by atoms with E-state index in [0.29, 0.717) is 11.4 Å². The monoisotopic (exact) mass is 276 g/mol. The second-order valence-electron chi connectivity index (χ2n) is 6.37. The number of carbonyl (C=O) groups is 1. The number of carboxylic acids is 1. The number of carboxylic acid groups (broad SMARTS) is 1. The van der Waals surface area contributed by atoms with Crippen LogP contribution in [-0.2, 0) is 12.8 Å². The fourth-order valence-electron chi connectivity index (χ4n) is 2.38. The number of hydrogen-bond donors (Lipinski definition) is 2. The number of pyridine rings is 1. The summed E-state index contributed by atoms with van der Waals surface area (Å²) >= 11 is 0. The maximum Gasteiger partial charge on any atom is 0.339 e. The van der Waals surface area contributed by atoms with Crippen LogP contribution in [0.15, 0.2) is 6.07 Å². The first-order valence-electron chi connectivity index (χ1n) is 7.43. The van der Waals surface area contributed by atoms with Crippen molar-refractivity contribution in [1.82, 2.24) is 4.98 Å². The molecule has 0 bridgehead atoms. The molecule has 0 atom stereocenters. The Labute approximate surface area is 120 Å². The lowest BCUT2D eigenvalue weighted by Gasteiger charge is -2.25. The average molecular weight is 276 g/mol. The summed E-state index contributed by atoms with van der Waals surface area (Å²) in [5.74, 6) is -0.373. The van der Waals surface area contributed by atoms with Crippen molar-refractivity contribution in [2.45, 2.75) is 52.9 Å². The van der Waals surface area contributed by atoms with Gasteiger partial charge in [0.25, 0.3) is 0 Å². The molecule has 1 aromatic rings. The Morgan fingerprint density at radius 3 is 2.75 bits per heavy atom. The summed E-state index contributed by atoms with van der Waals surface area (Å²) in [7, 11) is 0. The van der Waals surface area contributed by atoms with Crippen molar-refractivity contribution in [3.63, 3.8) is 0 Å². The second kappa shape index (κ2) is 5.81. The fraction of sp³-hybridized carbons (Fsp3) is 0.625. The molecule has 0 saturated heterocycles. The zero-order valence-corrected chi connectivity index (χ0v) is 12.6. The van der Waals surface area contributed by atoms with E-state index in [2.05, 4.69) is 31.1 Å². The van der Waals surface area contributed by atoms with E-state index in [4.69, 9.17) is 0 Å². The maximum absolute atomic E-state index is 11.4. The van der Waals surface area contributed by atoms with E-state index in [0.717, 1.165) is 49.9 Å². The molecule has 4 heteroatoms. The zero-order chi connectivity index (χ0) is 14.8.